The van der Waals surface area contributed by atoms with Crippen LogP contribution in [0.15, 0.2) is 0 Å². The maximum Gasteiger partial charge on any atom is 2.00 e. The summed E-state index contributed by atoms with van der Waals surface area (Å²) < 4.78 is 6.76. The van der Waals surface area contributed by atoms with Crippen molar-refractivity contribution in [2.45, 2.75) is 0 Å². The Kier molecular flexibility index (Phi) is 1.70. The zero-order valence-electron chi connectivity index (χ0n) is 5.31. The molecule has 1 saturated heterocycles. The molecule has 7 heavy (non-hydrogen) atoms. The summed E-state index contributed by atoms with van der Waals surface area (Å²) in [7, 11) is -4.80. The van der Waals surface area contributed by atoms with Crippen molar-refractivity contribution in [2.24, 2.45) is 0 Å². The first kappa shape index (κ1) is 8.00. The Hall–Kier alpha value is 0.996. The minimum Gasteiger partial charge on any atom is -1.00 e. The summed E-state index contributed by atoms with van der Waals surface area (Å²) in [4.78, 5) is 23.7. The molecule has 1 aliphatic heterocycles. The van der Waals surface area contributed by atoms with Crippen LogP contribution in [0.2, 0.25) is 0 Å². The van der Waals surface area contributed by atoms with Crippen LogP contribution < -0.4 is 0 Å². The van der Waals surface area contributed by atoms with Crippen molar-refractivity contribution in [2.75, 3.05) is 0 Å². The van der Waals surface area contributed by atoms with Crippen LogP contribution in [-0.4, -0.2) is 37.7 Å². The molecule has 0 atom stereocenters. The minimum atomic E-state index is -4.80. The third-order valence-electron chi connectivity index (χ3n) is 0.275. The second kappa shape index (κ2) is 1.49. The van der Waals surface area contributed by atoms with Gasteiger partial charge in [0.1, 0.15) is 0 Å². The van der Waals surface area contributed by atoms with Crippen LogP contribution in [0.5, 0.6) is 0 Å². The molecule has 0 aliphatic carbocycles. The molecule has 3 N–H and O–H groups in total. The zero-order chi connectivity index (χ0) is 4.86. The van der Waals surface area contributed by atoms with E-state index in [1.165, 1.54) is 0 Å². The monoisotopic (exact) mass is 140 g/mol. The van der Waals surface area contributed by atoms with Gasteiger partial charge in [-0.2, -0.15) is 0 Å². The Morgan fingerprint density at radius 2 is 1.29 bits per heavy atom. The number of rotatable bonds is 0. The summed E-state index contributed by atoms with van der Waals surface area (Å²) in [6.45, 7) is 0. The summed E-state index contributed by atoms with van der Waals surface area (Å²) in [5, 5.41) is 0. The molecular formula is H5MgO5P. The Bertz CT molecular complexity index is 78.7. The van der Waals surface area contributed by atoms with Gasteiger partial charge in [0.05, 0.1) is 0 Å². The first-order chi connectivity index (χ1) is 2.47. The normalized spacial score (nSPS) is 36.7. The average Bonchev–Trinajstić information content (AvgIpc) is 1.73. The summed E-state index contributed by atoms with van der Waals surface area (Å²) in [6, 6.07) is 0. The molecule has 1 aliphatic rings. The van der Waals surface area contributed by atoms with Gasteiger partial charge in [0.25, 0.3) is 0 Å². The standard InChI is InChI=1S/Mg.H3O5P.2H/c;1-6(2,3)4-5-6;;/h;1-3H;;/q+2;;2*-1. The zero-order valence-corrected chi connectivity index (χ0v) is 5.62. The quantitative estimate of drug-likeness (QED) is 0.172. The Morgan fingerprint density at radius 1 is 1.14 bits per heavy atom. The van der Waals surface area contributed by atoms with Crippen LogP contribution in [0, 0.1) is 0 Å². The minimum absolute atomic E-state index is 0. The van der Waals surface area contributed by atoms with E-state index in [1.807, 2.05) is 0 Å². The van der Waals surface area contributed by atoms with Crippen molar-refractivity contribution in [1.29, 1.82) is 0 Å². The summed E-state index contributed by atoms with van der Waals surface area (Å²) >= 11 is 0. The smallest absolute Gasteiger partial charge is 1.00 e. The van der Waals surface area contributed by atoms with E-state index in [2.05, 4.69) is 9.35 Å². The maximum absolute atomic E-state index is 7.89. The van der Waals surface area contributed by atoms with Crippen LogP contribution in [0.1, 0.15) is 2.85 Å². The molecule has 0 aromatic carbocycles. The third kappa shape index (κ3) is 2.73. The second-order valence-corrected chi connectivity index (χ2v) is 2.95. The van der Waals surface area contributed by atoms with Gasteiger partial charge in [-0.3, -0.25) is 0 Å². The predicted molar refractivity (Wildman–Crippen MR) is 23.7 cm³/mol. The van der Waals surface area contributed by atoms with Crippen LogP contribution in [-0.2, 0) is 9.35 Å². The van der Waals surface area contributed by atoms with Gasteiger partial charge in [-0.05, 0) is 0 Å². The summed E-state index contributed by atoms with van der Waals surface area (Å²) in [5.41, 5.74) is 0. The van der Waals surface area contributed by atoms with Gasteiger partial charge >= 0.3 is 54.8 Å². The average molecular weight is 140 g/mol. The van der Waals surface area contributed by atoms with E-state index in [9.17, 15) is 0 Å². The molecule has 42 valence electrons. The molecule has 0 spiro atoms. The van der Waals surface area contributed by atoms with Crippen molar-refractivity contribution < 1.29 is 26.9 Å². The molecule has 0 unspecified atom stereocenters. The molecule has 1 rings (SSSR count). The predicted octanol–water partition coefficient (Wildman–Crippen LogP) is -1.10. The Balaban J connectivity index is -0.000000120. The van der Waals surface area contributed by atoms with Gasteiger partial charge in [0.2, 0.25) is 0 Å². The Morgan fingerprint density at radius 3 is 1.29 bits per heavy atom. The molecule has 1 fully saturated rings. The molecule has 0 aromatic rings. The maximum atomic E-state index is 7.89. The van der Waals surface area contributed by atoms with Crippen LogP contribution in [0.3, 0.4) is 0 Å². The fraction of sp³-hybridized carbons (Fsp3) is 0. The summed E-state index contributed by atoms with van der Waals surface area (Å²) in [6.07, 6.45) is 0. The van der Waals surface area contributed by atoms with Gasteiger partial charge in [0.15, 0.2) is 0 Å². The molecule has 0 aromatic heterocycles. The largest absolute Gasteiger partial charge is 2.00 e. The second-order valence-electron chi connectivity index (χ2n) is 0.982. The van der Waals surface area contributed by atoms with Crippen molar-refractivity contribution >= 4 is 30.8 Å². The first-order valence-corrected chi connectivity index (χ1v) is 3.06. The van der Waals surface area contributed by atoms with E-state index >= 15 is 0 Å². The topological polar surface area (TPSA) is 85.8 Å². The fourth-order valence-electron chi connectivity index (χ4n) is 0.0447. The molecule has 5 nitrogen and oxygen atoms in total. The molecule has 0 bridgehead atoms. The molecule has 7 heteroatoms. The van der Waals surface area contributed by atoms with Crippen LogP contribution in [0.25, 0.3) is 0 Å². The first-order valence-electron chi connectivity index (χ1n) is 1.13. The van der Waals surface area contributed by atoms with Crippen molar-refractivity contribution in [3.05, 3.63) is 0 Å². The SMILES string of the molecule is OP1(O)(O)OO1.[H-].[H-].[Mg+2]. The molecule has 1 heterocycles. The van der Waals surface area contributed by atoms with Gasteiger partial charge in [0, 0.05) is 0 Å². The van der Waals surface area contributed by atoms with E-state index < -0.39 is 7.74 Å². The number of hydrogen-bond acceptors (Lipinski definition) is 5. The molecular weight excluding hydrogens is 135 g/mol. The van der Waals surface area contributed by atoms with Crippen molar-refractivity contribution in [1.82, 2.24) is 0 Å². The van der Waals surface area contributed by atoms with Crippen LogP contribution in [0.4, 0.5) is 0 Å². The van der Waals surface area contributed by atoms with E-state index in [4.69, 9.17) is 14.7 Å². The van der Waals surface area contributed by atoms with Gasteiger partial charge < -0.3 is 2.85 Å². The van der Waals surface area contributed by atoms with Crippen molar-refractivity contribution in [3.8, 4) is 0 Å². The van der Waals surface area contributed by atoms with Crippen LogP contribution >= 0.6 is 7.74 Å². The van der Waals surface area contributed by atoms with Gasteiger partial charge in [-0.15, -0.1) is 0 Å². The Labute approximate surface area is 58.2 Å². The number of hydrogen-bond donors (Lipinski definition) is 3. The third-order valence-corrected chi connectivity index (χ3v) is 0.824. The molecule has 0 radical (unpaired) electrons. The molecule has 0 saturated carbocycles. The molecule has 0 amide bonds. The van der Waals surface area contributed by atoms with E-state index in [0.29, 0.717) is 0 Å². The van der Waals surface area contributed by atoms with E-state index in [0.717, 1.165) is 0 Å². The van der Waals surface area contributed by atoms with Crippen molar-refractivity contribution in [3.63, 3.8) is 0 Å². The van der Waals surface area contributed by atoms with Gasteiger partial charge in [-0.1, -0.05) is 0 Å². The van der Waals surface area contributed by atoms with Gasteiger partial charge in [-0.25, -0.2) is 0 Å². The fourth-order valence-corrected chi connectivity index (χ4v) is 0.402. The summed E-state index contributed by atoms with van der Waals surface area (Å²) in [5.74, 6) is 0. The van der Waals surface area contributed by atoms with E-state index in [-0.39, 0.29) is 25.9 Å². The van der Waals surface area contributed by atoms with E-state index in [1.54, 1.807) is 0 Å².